The number of nitrogens with zero attached hydrogens (tertiary/aromatic N) is 2. The van der Waals surface area contributed by atoms with Crippen molar-refractivity contribution >= 4 is 17.4 Å². The van der Waals surface area contributed by atoms with E-state index in [4.69, 9.17) is 5.73 Å². The fraction of sp³-hybridized carbons (Fsp3) is 0.455. The predicted molar refractivity (Wildman–Crippen MR) is 65.2 cm³/mol. The van der Waals surface area contributed by atoms with E-state index in [0.717, 1.165) is 0 Å². The summed E-state index contributed by atoms with van der Waals surface area (Å²) >= 11 is 0. The van der Waals surface area contributed by atoms with Crippen molar-refractivity contribution in [3.05, 3.63) is 18.3 Å². The third-order valence-electron chi connectivity index (χ3n) is 2.01. The molecule has 0 atom stereocenters. The minimum Gasteiger partial charge on any atom is -0.396 e. The summed E-state index contributed by atoms with van der Waals surface area (Å²) in [5.74, 6) is 0.587. The van der Waals surface area contributed by atoms with Gasteiger partial charge in [0, 0.05) is 19.3 Å². The van der Waals surface area contributed by atoms with Crippen molar-refractivity contribution in [3.63, 3.8) is 0 Å². The lowest BCUT2D eigenvalue weighted by atomic mass is 10.3. The Kier molecular flexibility index (Phi) is 4.10. The second-order valence-electron chi connectivity index (χ2n) is 3.99. The molecule has 1 rings (SSSR count). The van der Waals surface area contributed by atoms with Crippen LogP contribution in [-0.2, 0) is 4.79 Å². The van der Waals surface area contributed by atoms with Gasteiger partial charge in [0.05, 0.1) is 12.2 Å². The van der Waals surface area contributed by atoms with Crippen LogP contribution in [0.1, 0.15) is 13.8 Å². The Balaban J connectivity index is 2.62. The van der Waals surface area contributed by atoms with Crippen LogP contribution >= 0.6 is 0 Å². The highest BCUT2D eigenvalue weighted by molar-refractivity contribution is 5.82. The van der Waals surface area contributed by atoms with Gasteiger partial charge in [0.1, 0.15) is 0 Å². The molecular weight excluding hydrogens is 204 g/mol. The molecule has 1 aromatic rings. The average molecular weight is 222 g/mol. The van der Waals surface area contributed by atoms with Crippen molar-refractivity contribution in [3.8, 4) is 0 Å². The van der Waals surface area contributed by atoms with Crippen LogP contribution < -0.4 is 16.0 Å². The molecule has 3 N–H and O–H groups in total. The van der Waals surface area contributed by atoms with Gasteiger partial charge in [0.15, 0.2) is 5.82 Å². The Morgan fingerprint density at radius 2 is 2.31 bits per heavy atom. The van der Waals surface area contributed by atoms with E-state index < -0.39 is 0 Å². The van der Waals surface area contributed by atoms with Crippen molar-refractivity contribution < 1.29 is 4.79 Å². The number of aromatic nitrogens is 1. The van der Waals surface area contributed by atoms with Gasteiger partial charge in [0.25, 0.3) is 0 Å². The molecule has 0 aromatic carbocycles. The zero-order chi connectivity index (χ0) is 12.1. The molecule has 5 nitrogen and oxygen atoms in total. The lowest BCUT2D eigenvalue weighted by Gasteiger charge is -2.19. The van der Waals surface area contributed by atoms with Crippen molar-refractivity contribution in [2.75, 3.05) is 24.2 Å². The maximum Gasteiger partial charge on any atom is 0.239 e. The first-order valence-electron chi connectivity index (χ1n) is 5.21. The molecule has 5 heteroatoms. The lowest BCUT2D eigenvalue weighted by Crippen LogP contribution is -2.39. The molecule has 0 aliphatic rings. The van der Waals surface area contributed by atoms with E-state index in [2.05, 4.69) is 10.3 Å². The van der Waals surface area contributed by atoms with Gasteiger partial charge in [-0.25, -0.2) is 4.98 Å². The number of pyridine rings is 1. The fourth-order valence-corrected chi connectivity index (χ4v) is 1.39. The summed E-state index contributed by atoms with van der Waals surface area (Å²) in [4.78, 5) is 17.4. The molecule has 1 heterocycles. The second kappa shape index (κ2) is 5.34. The van der Waals surface area contributed by atoms with Crippen LogP contribution in [0.2, 0.25) is 0 Å². The zero-order valence-corrected chi connectivity index (χ0v) is 9.90. The molecule has 0 spiro atoms. The Labute approximate surface area is 95.7 Å². The van der Waals surface area contributed by atoms with Crippen molar-refractivity contribution in [2.45, 2.75) is 19.9 Å². The summed E-state index contributed by atoms with van der Waals surface area (Å²) in [5, 5.41) is 2.81. The van der Waals surface area contributed by atoms with Crippen LogP contribution in [0, 0.1) is 0 Å². The minimum atomic E-state index is -0.0393. The Morgan fingerprint density at radius 3 is 2.88 bits per heavy atom. The van der Waals surface area contributed by atoms with Gasteiger partial charge < -0.3 is 16.0 Å². The number of nitrogen functional groups attached to an aromatic ring is 1. The largest absolute Gasteiger partial charge is 0.396 e. The predicted octanol–water partition coefficient (Wildman–Crippen LogP) is 0.625. The number of nitrogens with two attached hydrogens (primary N) is 1. The van der Waals surface area contributed by atoms with Crippen molar-refractivity contribution in [1.82, 2.24) is 10.3 Å². The van der Waals surface area contributed by atoms with Crippen molar-refractivity contribution in [2.24, 2.45) is 0 Å². The molecule has 0 fully saturated rings. The number of nitrogens with one attached hydrogen (secondary N) is 1. The van der Waals surface area contributed by atoms with Gasteiger partial charge in [-0.3, -0.25) is 4.79 Å². The molecule has 1 aromatic heterocycles. The van der Waals surface area contributed by atoms with Crippen LogP contribution in [0.5, 0.6) is 0 Å². The number of rotatable bonds is 4. The molecule has 0 unspecified atom stereocenters. The quantitative estimate of drug-likeness (QED) is 0.783. The van der Waals surface area contributed by atoms with Crippen LogP contribution in [0.15, 0.2) is 18.3 Å². The molecular formula is C11H18N4O. The number of hydrogen-bond donors (Lipinski definition) is 2. The summed E-state index contributed by atoms with van der Waals surface area (Å²) in [6.07, 6.45) is 1.66. The molecule has 0 bridgehead atoms. The smallest absolute Gasteiger partial charge is 0.239 e. The lowest BCUT2D eigenvalue weighted by molar-refractivity contribution is -0.120. The maximum atomic E-state index is 11.5. The number of carbonyl (C=O) groups excluding carboxylic acids is 1. The Morgan fingerprint density at radius 1 is 1.62 bits per heavy atom. The van der Waals surface area contributed by atoms with Gasteiger partial charge in [-0.15, -0.1) is 0 Å². The minimum absolute atomic E-state index is 0.0393. The first kappa shape index (κ1) is 12.3. The number of carbonyl (C=O) groups is 1. The average Bonchev–Trinajstić information content (AvgIpc) is 2.16. The van der Waals surface area contributed by atoms with E-state index in [1.54, 1.807) is 30.3 Å². The normalized spacial score (nSPS) is 10.2. The van der Waals surface area contributed by atoms with Gasteiger partial charge in [-0.05, 0) is 26.0 Å². The summed E-state index contributed by atoms with van der Waals surface area (Å²) in [6.45, 7) is 4.10. The van der Waals surface area contributed by atoms with E-state index in [0.29, 0.717) is 11.5 Å². The van der Waals surface area contributed by atoms with Gasteiger partial charge >= 0.3 is 0 Å². The zero-order valence-electron chi connectivity index (χ0n) is 9.90. The standard InChI is InChI=1S/C11H18N4O/c1-8(2)14-10(16)7-15(3)11-9(12)5-4-6-13-11/h4-6,8H,7,12H2,1-3H3,(H,14,16). The maximum absolute atomic E-state index is 11.5. The number of amides is 1. The highest BCUT2D eigenvalue weighted by Gasteiger charge is 2.11. The molecule has 0 saturated heterocycles. The molecule has 1 amide bonds. The fourth-order valence-electron chi connectivity index (χ4n) is 1.39. The van der Waals surface area contributed by atoms with Gasteiger partial charge in [-0.2, -0.15) is 0 Å². The molecule has 0 aliphatic heterocycles. The number of anilines is 2. The molecule has 0 aliphatic carbocycles. The first-order chi connectivity index (χ1) is 7.50. The van der Waals surface area contributed by atoms with E-state index in [9.17, 15) is 4.79 Å². The Hall–Kier alpha value is -1.78. The number of hydrogen-bond acceptors (Lipinski definition) is 4. The van der Waals surface area contributed by atoms with E-state index in [1.165, 1.54) is 0 Å². The Bertz CT molecular complexity index is 365. The summed E-state index contributed by atoms with van der Waals surface area (Å²) in [5.41, 5.74) is 6.33. The molecule has 0 saturated carbocycles. The molecule has 16 heavy (non-hydrogen) atoms. The van der Waals surface area contributed by atoms with E-state index in [-0.39, 0.29) is 18.5 Å². The third-order valence-corrected chi connectivity index (χ3v) is 2.01. The van der Waals surface area contributed by atoms with E-state index in [1.807, 2.05) is 13.8 Å². The van der Waals surface area contributed by atoms with Crippen LogP contribution in [0.3, 0.4) is 0 Å². The summed E-state index contributed by atoms with van der Waals surface area (Å²) in [6, 6.07) is 3.67. The second-order valence-corrected chi connectivity index (χ2v) is 3.99. The summed E-state index contributed by atoms with van der Waals surface area (Å²) < 4.78 is 0. The van der Waals surface area contributed by atoms with Gasteiger partial charge in [0.2, 0.25) is 5.91 Å². The highest BCUT2D eigenvalue weighted by atomic mass is 16.2. The SMILES string of the molecule is CC(C)NC(=O)CN(C)c1ncccc1N. The molecule has 88 valence electrons. The molecule has 0 radical (unpaired) electrons. The number of likely N-dealkylation sites (N-methyl/N-ethyl adjacent to an activating group) is 1. The topological polar surface area (TPSA) is 71.2 Å². The summed E-state index contributed by atoms with van der Waals surface area (Å²) in [7, 11) is 1.79. The first-order valence-corrected chi connectivity index (χ1v) is 5.21. The monoisotopic (exact) mass is 222 g/mol. The van der Waals surface area contributed by atoms with Crippen LogP contribution in [0.4, 0.5) is 11.5 Å². The van der Waals surface area contributed by atoms with Crippen LogP contribution in [-0.4, -0.2) is 30.5 Å². The van der Waals surface area contributed by atoms with Gasteiger partial charge in [-0.1, -0.05) is 0 Å². The third kappa shape index (κ3) is 3.42. The van der Waals surface area contributed by atoms with Crippen LogP contribution in [0.25, 0.3) is 0 Å². The highest BCUT2D eigenvalue weighted by Crippen LogP contribution is 2.16. The van der Waals surface area contributed by atoms with E-state index >= 15 is 0 Å². The van der Waals surface area contributed by atoms with Crippen molar-refractivity contribution in [1.29, 1.82) is 0 Å².